The van der Waals surface area contributed by atoms with Gasteiger partial charge in [-0.3, -0.25) is 9.69 Å². The number of hydrogen-bond acceptors (Lipinski definition) is 4. The number of imide groups is 1. The molecule has 1 unspecified atom stereocenters. The molecule has 0 radical (unpaired) electrons. The summed E-state index contributed by atoms with van der Waals surface area (Å²) in [5, 5.41) is 3.03. The molecule has 6 nitrogen and oxygen atoms in total. The summed E-state index contributed by atoms with van der Waals surface area (Å²) in [7, 11) is 1.52. The number of hydrogen-bond donors (Lipinski definition) is 1. The minimum atomic E-state index is -1.23. The molecule has 1 aliphatic carbocycles. The average molecular weight is 392 g/mol. The van der Waals surface area contributed by atoms with Crippen LogP contribution in [0.5, 0.6) is 11.5 Å². The summed E-state index contributed by atoms with van der Waals surface area (Å²) in [5.41, 5.74) is 1.18. The van der Waals surface area contributed by atoms with Crippen molar-refractivity contribution >= 4 is 11.9 Å². The van der Waals surface area contributed by atoms with E-state index < -0.39 is 17.2 Å². The molecule has 29 heavy (non-hydrogen) atoms. The SMILES string of the molecule is CCOc1ccc2c(c1)C1(NC(=O)N(C)C1=O)C1(CCc3ccccc3CC1)O2. The number of fused-ring (bicyclic) bond motifs is 4. The maximum Gasteiger partial charge on any atom is 0.325 e. The fourth-order valence-corrected chi connectivity index (χ4v) is 5.13. The van der Waals surface area contributed by atoms with Crippen LogP contribution in [0.2, 0.25) is 0 Å². The second kappa shape index (κ2) is 6.24. The van der Waals surface area contributed by atoms with Gasteiger partial charge in [-0.2, -0.15) is 0 Å². The number of nitrogens with zero attached hydrogens (tertiary/aromatic N) is 1. The summed E-state index contributed by atoms with van der Waals surface area (Å²) in [6.45, 7) is 2.44. The third kappa shape index (κ3) is 2.35. The van der Waals surface area contributed by atoms with Crippen molar-refractivity contribution in [1.82, 2.24) is 10.2 Å². The number of nitrogens with one attached hydrogen (secondary N) is 1. The van der Waals surface area contributed by atoms with E-state index in [1.165, 1.54) is 23.1 Å². The first-order chi connectivity index (χ1) is 14.0. The van der Waals surface area contributed by atoms with Crippen LogP contribution in [0, 0.1) is 0 Å². The molecule has 1 saturated heterocycles. The van der Waals surface area contributed by atoms with Gasteiger partial charge in [0.15, 0.2) is 5.54 Å². The van der Waals surface area contributed by atoms with Crippen LogP contribution in [-0.2, 0) is 23.2 Å². The predicted octanol–water partition coefficient (Wildman–Crippen LogP) is 3.17. The molecule has 0 saturated carbocycles. The van der Waals surface area contributed by atoms with Gasteiger partial charge in [0.05, 0.1) is 6.61 Å². The molecule has 3 amide bonds. The molecular formula is C23H24N2O4. The van der Waals surface area contributed by atoms with Crippen molar-refractivity contribution in [3.63, 3.8) is 0 Å². The largest absolute Gasteiger partial charge is 0.494 e. The normalized spacial score (nSPS) is 24.1. The molecule has 3 aliphatic rings. The van der Waals surface area contributed by atoms with Crippen LogP contribution < -0.4 is 14.8 Å². The van der Waals surface area contributed by atoms with Gasteiger partial charge in [-0.15, -0.1) is 0 Å². The number of ether oxygens (including phenoxy) is 2. The highest BCUT2D eigenvalue weighted by molar-refractivity contribution is 6.09. The van der Waals surface area contributed by atoms with Crippen LogP contribution in [0.15, 0.2) is 42.5 Å². The second-order valence-corrected chi connectivity index (χ2v) is 8.00. The fraction of sp³-hybridized carbons (Fsp3) is 0.391. The molecule has 2 aromatic carbocycles. The topological polar surface area (TPSA) is 67.9 Å². The molecule has 150 valence electrons. The van der Waals surface area contributed by atoms with Gasteiger partial charge in [0.2, 0.25) is 0 Å². The Kier molecular flexibility index (Phi) is 3.88. The number of urea groups is 1. The minimum absolute atomic E-state index is 0.263. The van der Waals surface area contributed by atoms with Crippen LogP contribution in [0.1, 0.15) is 36.5 Å². The lowest BCUT2D eigenvalue weighted by atomic mass is 9.71. The summed E-state index contributed by atoms with van der Waals surface area (Å²) < 4.78 is 12.2. The van der Waals surface area contributed by atoms with E-state index in [9.17, 15) is 9.59 Å². The lowest BCUT2D eigenvalue weighted by Crippen LogP contribution is -2.61. The Morgan fingerprint density at radius 3 is 2.38 bits per heavy atom. The number of amides is 3. The van der Waals surface area contributed by atoms with Crippen LogP contribution in [0.3, 0.4) is 0 Å². The fourth-order valence-electron chi connectivity index (χ4n) is 5.13. The first-order valence-electron chi connectivity index (χ1n) is 10.1. The Morgan fingerprint density at radius 1 is 1.10 bits per heavy atom. The molecule has 1 atom stereocenters. The molecule has 2 aliphatic heterocycles. The zero-order chi connectivity index (χ0) is 20.2. The van der Waals surface area contributed by atoms with E-state index in [-0.39, 0.29) is 5.91 Å². The summed E-state index contributed by atoms with van der Waals surface area (Å²) in [4.78, 5) is 27.3. The highest BCUT2D eigenvalue weighted by Gasteiger charge is 2.69. The predicted molar refractivity (Wildman–Crippen MR) is 107 cm³/mol. The number of aryl methyl sites for hydroxylation is 2. The molecule has 2 spiro atoms. The van der Waals surface area contributed by atoms with Crippen LogP contribution in [0.25, 0.3) is 0 Å². The molecule has 0 aromatic heterocycles. The molecule has 6 heteroatoms. The Bertz CT molecular complexity index is 991. The van der Waals surface area contributed by atoms with Gasteiger partial charge in [0.1, 0.15) is 17.1 Å². The summed E-state index contributed by atoms with van der Waals surface area (Å²) in [6.07, 6.45) is 2.86. The van der Waals surface area contributed by atoms with Gasteiger partial charge < -0.3 is 14.8 Å². The molecule has 1 N–H and O–H groups in total. The molecule has 0 bridgehead atoms. The van der Waals surface area contributed by atoms with E-state index >= 15 is 0 Å². The lowest BCUT2D eigenvalue weighted by molar-refractivity contribution is -0.138. The standard InChI is InChI=1S/C23H24N2O4/c1-3-28-17-8-9-19-18(14-17)23(20(26)25(2)21(27)24-23)22(29-19)12-10-15-6-4-5-7-16(15)11-13-22/h4-9,14H,3,10-13H2,1-2H3,(H,24,27). The van der Waals surface area contributed by atoms with Gasteiger partial charge >= 0.3 is 6.03 Å². The van der Waals surface area contributed by atoms with Crippen molar-refractivity contribution in [2.75, 3.05) is 13.7 Å². The highest BCUT2D eigenvalue weighted by atomic mass is 16.5. The first kappa shape index (κ1) is 18.0. The van der Waals surface area contributed by atoms with Gasteiger partial charge in [-0.1, -0.05) is 24.3 Å². The summed E-state index contributed by atoms with van der Waals surface area (Å²) in [6, 6.07) is 13.5. The van der Waals surface area contributed by atoms with Crippen LogP contribution in [-0.4, -0.2) is 36.1 Å². The number of rotatable bonds is 2. The zero-order valence-electron chi connectivity index (χ0n) is 16.7. The Hall–Kier alpha value is -3.02. The van der Waals surface area contributed by atoms with Crippen molar-refractivity contribution in [3.8, 4) is 11.5 Å². The van der Waals surface area contributed by atoms with E-state index in [4.69, 9.17) is 9.47 Å². The first-order valence-corrected chi connectivity index (χ1v) is 10.1. The Balaban J connectivity index is 1.66. The van der Waals surface area contributed by atoms with Gasteiger partial charge in [-0.05, 0) is 61.9 Å². The van der Waals surface area contributed by atoms with Crippen LogP contribution in [0.4, 0.5) is 4.79 Å². The molecule has 2 aromatic rings. The van der Waals surface area contributed by atoms with Gasteiger partial charge in [0, 0.05) is 12.6 Å². The Morgan fingerprint density at radius 2 is 1.79 bits per heavy atom. The summed E-state index contributed by atoms with van der Waals surface area (Å²) >= 11 is 0. The monoisotopic (exact) mass is 392 g/mol. The second-order valence-electron chi connectivity index (χ2n) is 8.00. The van der Waals surface area contributed by atoms with E-state index in [1.807, 2.05) is 37.3 Å². The van der Waals surface area contributed by atoms with Crippen LogP contribution >= 0.6 is 0 Å². The molecule has 5 rings (SSSR count). The molecular weight excluding hydrogens is 368 g/mol. The quantitative estimate of drug-likeness (QED) is 0.797. The van der Waals surface area contributed by atoms with Crippen molar-refractivity contribution < 1.29 is 19.1 Å². The number of carbonyl (C=O) groups is 2. The Labute approximate surface area is 169 Å². The summed E-state index contributed by atoms with van der Waals surface area (Å²) in [5.74, 6) is 1.05. The number of benzene rings is 2. The van der Waals surface area contributed by atoms with E-state index in [0.717, 1.165) is 12.8 Å². The maximum absolute atomic E-state index is 13.6. The molecule has 2 heterocycles. The van der Waals surface area contributed by atoms with Crippen molar-refractivity contribution in [1.29, 1.82) is 0 Å². The van der Waals surface area contributed by atoms with Gasteiger partial charge in [0.25, 0.3) is 5.91 Å². The zero-order valence-corrected chi connectivity index (χ0v) is 16.7. The number of likely N-dealkylation sites (N-methyl/N-ethyl adjacent to an activating group) is 1. The third-order valence-corrected chi connectivity index (χ3v) is 6.59. The lowest BCUT2D eigenvalue weighted by Gasteiger charge is -2.39. The minimum Gasteiger partial charge on any atom is -0.494 e. The third-order valence-electron chi connectivity index (χ3n) is 6.59. The maximum atomic E-state index is 13.6. The van der Waals surface area contributed by atoms with Crippen molar-refractivity contribution in [2.24, 2.45) is 0 Å². The molecule has 1 fully saturated rings. The average Bonchev–Trinajstić information content (AvgIpc) is 3.02. The van der Waals surface area contributed by atoms with E-state index in [2.05, 4.69) is 17.4 Å². The van der Waals surface area contributed by atoms with E-state index in [1.54, 1.807) is 0 Å². The van der Waals surface area contributed by atoms with Crippen molar-refractivity contribution in [3.05, 3.63) is 59.2 Å². The van der Waals surface area contributed by atoms with Crippen molar-refractivity contribution in [2.45, 2.75) is 43.7 Å². The van der Waals surface area contributed by atoms with E-state index in [0.29, 0.717) is 36.5 Å². The van der Waals surface area contributed by atoms with Gasteiger partial charge in [-0.25, -0.2) is 4.79 Å². The highest BCUT2D eigenvalue weighted by Crippen LogP contribution is 2.55. The number of carbonyl (C=O) groups excluding carboxylic acids is 2. The smallest absolute Gasteiger partial charge is 0.325 e.